The molecule has 8 heterocycles. The fourth-order valence-electron chi connectivity index (χ4n) is 14.2. The van der Waals surface area contributed by atoms with Gasteiger partial charge in [-0.1, -0.05) is 34.6 Å². The van der Waals surface area contributed by atoms with Gasteiger partial charge in [-0.25, -0.2) is 0 Å². The Morgan fingerprint density at radius 3 is 1.97 bits per heavy atom. The normalized spacial score (nSPS) is 51.8. The predicted octanol–water partition coefficient (Wildman–Crippen LogP) is 1.52. The molecule has 0 aromatic rings. The molecule has 0 aromatic heterocycles. The number of aliphatic hydroxyl groups excluding tert-OH is 1. The van der Waals surface area contributed by atoms with E-state index < -0.39 is 114 Å². The van der Waals surface area contributed by atoms with Gasteiger partial charge in [-0.05, 0) is 79.1 Å². The van der Waals surface area contributed by atoms with Crippen LogP contribution < -0.4 is 34.7 Å². The van der Waals surface area contributed by atoms with Crippen molar-refractivity contribution in [3.63, 3.8) is 0 Å². The van der Waals surface area contributed by atoms with Crippen molar-refractivity contribution in [2.24, 2.45) is 35.5 Å². The van der Waals surface area contributed by atoms with Crippen LogP contribution in [0.2, 0.25) is 0 Å². The summed E-state index contributed by atoms with van der Waals surface area (Å²) in [6, 6.07) is 0. The number of carboxylic acids is 1. The van der Waals surface area contributed by atoms with Crippen molar-refractivity contribution in [2.75, 3.05) is 21.3 Å². The Morgan fingerprint density at radius 1 is 0.757 bits per heavy atom. The Kier molecular flexibility index (Phi) is 19.7. The van der Waals surface area contributed by atoms with Gasteiger partial charge in [0.2, 0.25) is 0 Å². The molecule has 8 rings (SSSR count). The van der Waals surface area contributed by atoms with Gasteiger partial charge in [-0.2, -0.15) is 0 Å². The second kappa shape index (κ2) is 23.8. The van der Waals surface area contributed by atoms with E-state index in [1.807, 2.05) is 41.5 Å². The first-order chi connectivity index (χ1) is 34.3. The van der Waals surface area contributed by atoms with Gasteiger partial charge in [-0.3, -0.25) is 0 Å². The first-order valence-electron chi connectivity index (χ1n) is 27.4. The molecule has 3 N–H and O–H groups in total. The molecule has 8 aliphatic heterocycles. The quantitative estimate of drug-likeness (QED) is 0.156. The zero-order valence-corrected chi connectivity index (χ0v) is 48.7. The van der Waals surface area contributed by atoms with E-state index in [9.17, 15) is 25.2 Å². The molecular formula is C55H89NaO18. The van der Waals surface area contributed by atoms with Gasteiger partial charge in [-0.15, -0.1) is 12.3 Å². The number of carboxylic acid groups (broad SMARTS) is 1. The summed E-state index contributed by atoms with van der Waals surface area (Å²) in [7, 11) is 4.86. The topological polar surface area (TPSA) is 221 Å². The Bertz CT molecular complexity index is 1930. The summed E-state index contributed by atoms with van der Waals surface area (Å²) < 4.78 is 85.3. The second-order valence-corrected chi connectivity index (χ2v) is 24.1. The molecule has 8 saturated heterocycles. The molecule has 19 heteroatoms. The van der Waals surface area contributed by atoms with Gasteiger partial charge >= 0.3 is 29.6 Å². The Balaban J connectivity index is 0.00000800. The average Bonchev–Trinajstić information content (AvgIpc) is 4.05. The van der Waals surface area contributed by atoms with E-state index in [0.717, 1.165) is 12.8 Å². The number of ether oxygens (including phenoxy) is 13. The van der Waals surface area contributed by atoms with Gasteiger partial charge in [0.25, 0.3) is 0 Å². The average molecular weight is 1060 g/mol. The van der Waals surface area contributed by atoms with E-state index in [0.29, 0.717) is 51.4 Å². The van der Waals surface area contributed by atoms with Gasteiger partial charge in [0.05, 0.1) is 96.3 Å². The molecular weight excluding hydrogens is 972 g/mol. The Labute approximate surface area is 462 Å². The predicted molar refractivity (Wildman–Crippen MR) is 260 cm³/mol. The minimum absolute atomic E-state index is 0. The fourth-order valence-corrected chi connectivity index (χ4v) is 14.2. The largest absolute Gasteiger partial charge is 1.00 e. The number of rotatable bonds is 15. The summed E-state index contributed by atoms with van der Waals surface area (Å²) in [5.41, 5.74) is -1.64. The second-order valence-electron chi connectivity index (χ2n) is 24.1. The fraction of sp³-hybridized carbons (Fsp3) is 0.945. The molecule has 1 unspecified atom stereocenters. The molecule has 8 aliphatic rings. The van der Waals surface area contributed by atoms with E-state index >= 15 is 0 Å². The maximum absolute atomic E-state index is 12.8. The first kappa shape index (κ1) is 61.0. The van der Waals surface area contributed by atoms with Crippen molar-refractivity contribution in [1.82, 2.24) is 0 Å². The third-order valence-electron chi connectivity index (χ3n) is 19.0. The summed E-state index contributed by atoms with van der Waals surface area (Å²) in [4.78, 5) is 12.8. The molecule has 0 aliphatic carbocycles. The maximum Gasteiger partial charge on any atom is 1.00 e. The minimum Gasteiger partial charge on any atom is -0.550 e. The summed E-state index contributed by atoms with van der Waals surface area (Å²) in [5.74, 6) is -7.65. The molecule has 0 saturated carbocycles. The third-order valence-corrected chi connectivity index (χ3v) is 19.0. The van der Waals surface area contributed by atoms with Crippen LogP contribution in [0.25, 0.3) is 0 Å². The molecule has 0 aromatic carbocycles. The van der Waals surface area contributed by atoms with Crippen LogP contribution in [-0.2, 0) is 66.4 Å². The number of hydrogen-bond donors (Lipinski definition) is 3. The van der Waals surface area contributed by atoms with Crippen LogP contribution in [0.4, 0.5) is 0 Å². The number of methoxy groups -OCH3 is 3. The Hall–Kier alpha value is -0.610. The number of aliphatic carboxylic acids is 1. The van der Waals surface area contributed by atoms with Gasteiger partial charge in [0.15, 0.2) is 29.9 Å². The summed E-state index contributed by atoms with van der Waals surface area (Å²) >= 11 is 0. The van der Waals surface area contributed by atoms with E-state index in [1.54, 1.807) is 28.1 Å². The van der Waals surface area contributed by atoms with E-state index in [1.165, 1.54) is 7.11 Å². The van der Waals surface area contributed by atoms with Crippen LogP contribution in [0, 0.1) is 47.9 Å². The van der Waals surface area contributed by atoms with Crippen LogP contribution in [-0.4, -0.2) is 169 Å². The molecule has 0 bridgehead atoms. The number of hydrogen-bond acceptors (Lipinski definition) is 18. The minimum atomic E-state index is -2.36. The third kappa shape index (κ3) is 11.9. The van der Waals surface area contributed by atoms with Crippen LogP contribution >= 0.6 is 0 Å². The van der Waals surface area contributed by atoms with E-state index in [2.05, 4.69) is 19.8 Å². The van der Waals surface area contributed by atoms with E-state index in [4.69, 9.17) is 68.0 Å². The van der Waals surface area contributed by atoms with Gasteiger partial charge in [0, 0.05) is 83.5 Å². The number of carbonyl (C=O) groups is 1. The zero-order valence-electron chi connectivity index (χ0n) is 46.7. The SMILES string of the molecule is C#CCC(C(=O)[O-])[C@@]1(O)O[C@@H]([C@H](C)[C@H]2O[C@@]3(CC[C@@](C)([C@H]4CC[C@@](C)([C@@H]5O[C@@H]([C@H]6O[C@](C)(O)[C@H](C)C[C@@H]6C)C[C@@H]5O[C@H]5CC[C@H](OC)[C@@H](C)O5)O4)O3)C[C@H](O)[C@H]2C)[C@H](OC)[C@@H](O[C@H]2CC[C@H](OC)[C@@H](C)O2)[C@@H]1C.[Na+]. The van der Waals surface area contributed by atoms with Crippen molar-refractivity contribution >= 4 is 5.97 Å². The molecule has 0 radical (unpaired) electrons. The van der Waals surface area contributed by atoms with Crippen molar-refractivity contribution in [2.45, 2.75) is 273 Å². The molecule has 8 fully saturated rings. The molecule has 18 nitrogen and oxygen atoms in total. The molecule has 27 atom stereocenters. The van der Waals surface area contributed by atoms with Crippen LogP contribution in [0.3, 0.4) is 0 Å². The standard InChI is InChI=1S/C55H90O18.Na/c1-15-16-35(50(57)58)55(60)32(6)47(68-43-20-18-38(62-13)34(8)65-43)48(63-14)46(72-55)31(5)45-30(4)36(56)27-54(71-45)24-23-51(9,73-54)41-21-22-52(10,69-41)49-40(66-42-19-17-37(61-12)33(7)64-42)26-39(67-49)44-28(2)25-29(3)53(11,59)70-44;/h1,28-49,56,59-60H,16-27H2,2-14H3,(H,57,58);/q;+1/p-1/t28-,29+,30+,31+,32-,33+,34+,35?,36-,37-,38-,39+,40-,41+,42-,43-,44-,45-,46-,47-,48-,49+,51-,52-,53-,54+,55-;/m0./s1. The summed E-state index contributed by atoms with van der Waals surface area (Å²) in [6.07, 6.45) is 3.60. The van der Waals surface area contributed by atoms with Crippen LogP contribution in [0.15, 0.2) is 0 Å². The monoisotopic (exact) mass is 1060 g/mol. The summed E-state index contributed by atoms with van der Waals surface area (Å²) in [5, 5.41) is 48.6. The first-order valence-corrected chi connectivity index (χ1v) is 27.4. The van der Waals surface area contributed by atoms with Gasteiger partial charge < -0.3 is 86.8 Å². The smallest absolute Gasteiger partial charge is 0.550 e. The summed E-state index contributed by atoms with van der Waals surface area (Å²) in [6.45, 7) is 19.4. The number of carbonyl (C=O) groups excluding carboxylic acids is 1. The molecule has 418 valence electrons. The van der Waals surface area contributed by atoms with Crippen molar-refractivity contribution in [1.29, 1.82) is 0 Å². The molecule has 0 amide bonds. The Morgan fingerprint density at radius 2 is 1.39 bits per heavy atom. The number of aliphatic hydroxyl groups is 3. The molecule has 1 spiro atoms. The van der Waals surface area contributed by atoms with Gasteiger partial charge in [0.1, 0.15) is 12.2 Å². The maximum atomic E-state index is 12.8. The number of terminal acetylenes is 1. The van der Waals surface area contributed by atoms with Crippen molar-refractivity contribution in [3.8, 4) is 12.3 Å². The molecule has 74 heavy (non-hydrogen) atoms. The van der Waals surface area contributed by atoms with Crippen LogP contribution in [0.1, 0.15) is 146 Å². The van der Waals surface area contributed by atoms with E-state index in [-0.39, 0.29) is 97.0 Å². The van der Waals surface area contributed by atoms with Crippen molar-refractivity contribution in [3.05, 3.63) is 0 Å². The van der Waals surface area contributed by atoms with Crippen LogP contribution in [0.5, 0.6) is 0 Å². The zero-order chi connectivity index (χ0) is 53.2. The van der Waals surface area contributed by atoms with Crippen molar-refractivity contribution < 1.29 is 116 Å².